The smallest absolute Gasteiger partial charge is 0.185 e. The number of hydrogen-bond donors (Lipinski definition) is 1. The Labute approximate surface area is 121 Å². The van der Waals surface area contributed by atoms with Crippen LogP contribution in [0.2, 0.25) is 0 Å². The number of hydrogen-bond acceptors (Lipinski definition) is 4. The van der Waals surface area contributed by atoms with Gasteiger partial charge in [-0.15, -0.1) is 15.3 Å². The number of nitrogens with one attached hydrogen (secondary N) is 1. The summed E-state index contributed by atoms with van der Waals surface area (Å²) in [7, 11) is 0. The fourth-order valence-electron chi connectivity index (χ4n) is 2.44. The van der Waals surface area contributed by atoms with Gasteiger partial charge in [-0.25, -0.2) is 0 Å². The van der Waals surface area contributed by atoms with Crippen LogP contribution in [0.25, 0.3) is 16.4 Å². The van der Waals surface area contributed by atoms with Crippen molar-refractivity contribution in [3.8, 4) is 0 Å². The Morgan fingerprint density at radius 2 is 1.67 bits per heavy atom. The lowest BCUT2D eigenvalue weighted by Gasteiger charge is -2.09. The number of anilines is 1. The first-order valence-corrected chi connectivity index (χ1v) is 6.78. The standard InChI is InChI=1S/C16H13N5/c1-2-6-12(7-3-1)10-17-15-13-8-4-5-9-14(13)16-19-18-11-21(16)20-15/h1-9,11H,10H2,(H,17,20). The highest BCUT2D eigenvalue weighted by Gasteiger charge is 2.09. The van der Waals surface area contributed by atoms with E-state index in [2.05, 4.69) is 32.7 Å². The average molecular weight is 275 g/mol. The van der Waals surface area contributed by atoms with Crippen molar-refractivity contribution in [2.24, 2.45) is 0 Å². The lowest BCUT2D eigenvalue weighted by Crippen LogP contribution is -2.05. The quantitative estimate of drug-likeness (QED) is 0.624. The molecule has 4 aromatic rings. The van der Waals surface area contributed by atoms with Crippen molar-refractivity contribution < 1.29 is 0 Å². The molecule has 0 saturated carbocycles. The van der Waals surface area contributed by atoms with Gasteiger partial charge in [0, 0.05) is 17.3 Å². The van der Waals surface area contributed by atoms with Crippen LogP contribution in [0.1, 0.15) is 5.56 Å². The zero-order valence-corrected chi connectivity index (χ0v) is 11.3. The van der Waals surface area contributed by atoms with Gasteiger partial charge in [0.2, 0.25) is 0 Å². The average Bonchev–Trinajstić information content (AvgIpc) is 3.02. The number of benzene rings is 2. The van der Waals surface area contributed by atoms with E-state index in [9.17, 15) is 0 Å². The van der Waals surface area contributed by atoms with Crippen LogP contribution in [0.3, 0.4) is 0 Å². The van der Waals surface area contributed by atoms with Crippen LogP contribution in [0, 0.1) is 0 Å². The van der Waals surface area contributed by atoms with Gasteiger partial charge in [0.1, 0.15) is 6.33 Å². The second kappa shape index (κ2) is 4.86. The third-order valence-corrected chi connectivity index (χ3v) is 3.46. The van der Waals surface area contributed by atoms with E-state index in [-0.39, 0.29) is 0 Å². The minimum atomic E-state index is 0.728. The Kier molecular flexibility index (Phi) is 2.74. The molecule has 5 heteroatoms. The minimum absolute atomic E-state index is 0.728. The van der Waals surface area contributed by atoms with Crippen LogP contribution in [0.15, 0.2) is 60.9 Å². The molecule has 5 nitrogen and oxygen atoms in total. The van der Waals surface area contributed by atoms with Gasteiger partial charge < -0.3 is 5.32 Å². The third kappa shape index (κ3) is 2.08. The second-order valence-electron chi connectivity index (χ2n) is 4.83. The molecule has 0 radical (unpaired) electrons. The molecular formula is C16H13N5. The topological polar surface area (TPSA) is 55.1 Å². The van der Waals surface area contributed by atoms with Crippen molar-refractivity contribution in [3.05, 3.63) is 66.5 Å². The van der Waals surface area contributed by atoms with Gasteiger partial charge in [0.15, 0.2) is 11.5 Å². The second-order valence-corrected chi connectivity index (χ2v) is 4.83. The fraction of sp³-hybridized carbons (Fsp3) is 0.0625. The molecule has 2 aromatic heterocycles. The summed E-state index contributed by atoms with van der Waals surface area (Å²) in [6.45, 7) is 0.728. The van der Waals surface area contributed by atoms with Crippen molar-refractivity contribution in [3.63, 3.8) is 0 Å². The van der Waals surface area contributed by atoms with Crippen molar-refractivity contribution in [2.75, 3.05) is 5.32 Å². The lowest BCUT2D eigenvalue weighted by atomic mass is 10.1. The Balaban J connectivity index is 1.79. The predicted octanol–water partition coefficient (Wildman–Crippen LogP) is 2.89. The zero-order valence-electron chi connectivity index (χ0n) is 11.3. The Bertz CT molecular complexity index is 898. The molecule has 0 unspecified atom stereocenters. The molecule has 0 atom stereocenters. The molecule has 102 valence electrons. The first kappa shape index (κ1) is 11.8. The van der Waals surface area contributed by atoms with Crippen LogP contribution in [0.5, 0.6) is 0 Å². The maximum Gasteiger partial charge on any atom is 0.185 e. The van der Waals surface area contributed by atoms with Crippen LogP contribution in [-0.4, -0.2) is 19.8 Å². The molecule has 0 aliphatic heterocycles. The molecular weight excluding hydrogens is 262 g/mol. The maximum atomic E-state index is 4.56. The van der Waals surface area contributed by atoms with Crippen LogP contribution < -0.4 is 5.32 Å². The van der Waals surface area contributed by atoms with Crippen molar-refractivity contribution in [1.82, 2.24) is 19.8 Å². The molecule has 0 bridgehead atoms. The van der Waals surface area contributed by atoms with E-state index in [1.807, 2.05) is 42.5 Å². The summed E-state index contributed by atoms with van der Waals surface area (Å²) in [6.07, 6.45) is 1.62. The monoisotopic (exact) mass is 275 g/mol. The number of rotatable bonds is 3. The molecule has 0 saturated heterocycles. The van der Waals surface area contributed by atoms with Crippen LogP contribution >= 0.6 is 0 Å². The lowest BCUT2D eigenvalue weighted by molar-refractivity contribution is 0.927. The Morgan fingerprint density at radius 1 is 0.905 bits per heavy atom. The number of nitrogens with zero attached hydrogens (tertiary/aromatic N) is 4. The van der Waals surface area contributed by atoms with Gasteiger partial charge in [-0.2, -0.15) is 4.52 Å². The summed E-state index contributed by atoms with van der Waals surface area (Å²) in [5, 5.41) is 18.1. The van der Waals surface area contributed by atoms with E-state index < -0.39 is 0 Å². The molecule has 21 heavy (non-hydrogen) atoms. The van der Waals surface area contributed by atoms with E-state index in [1.165, 1.54) is 5.56 Å². The number of aromatic nitrogens is 4. The van der Waals surface area contributed by atoms with Crippen LogP contribution in [0.4, 0.5) is 5.82 Å². The summed E-state index contributed by atoms with van der Waals surface area (Å²) in [5.74, 6) is 0.835. The Morgan fingerprint density at radius 3 is 2.52 bits per heavy atom. The maximum absolute atomic E-state index is 4.56. The normalized spacial score (nSPS) is 11.0. The fourth-order valence-corrected chi connectivity index (χ4v) is 2.44. The highest BCUT2D eigenvalue weighted by molar-refractivity contribution is 5.99. The van der Waals surface area contributed by atoms with E-state index in [0.29, 0.717) is 0 Å². The van der Waals surface area contributed by atoms with Crippen molar-refractivity contribution >= 4 is 22.2 Å². The summed E-state index contributed by atoms with van der Waals surface area (Å²) >= 11 is 0. The van der Waals surface area contributed by atoms with Crippen molar-refractivity contribution in [2.45, 2.75) is 6.54 Å². The van der Waals surface area contributed by atoms with Gasteiger partial charge >= 0.3 is 0 Å². The number of fused-ring (bicyclic) bond motifs is 3. The summed E-state index contributed by atoms with van der Waals surface area (Å²) in [5.41, 5.74) is 1.99. The molecule has 0 amide bonds. The Hall–Kier alpha value is -2.95. The van der Waals surface area contributed by atoms with Gasteiger partial charge in [-0.05, 0) is 5.56 Å². The minimum Gasteiger partial charge on any atom is -0.364 e. The summed E-state index contributed by atoms with van der Waals surface area (Å²) in [6, 6.07) is 18.3. The van der Waals surface area contributed by atoms with E-state index in [1.54, 1.807) is 10.8 Å². The van der Waals surface area contributed by atoms with E-state index >= 15 is 0 Å². The third-order valence-electron chi connectivity index (χ3n) is 3.46. The molecule has 0 aliphatic rings. The van der Waals surface area contributed by atoms with E-state index in [4.69, 9.17) is 0 Å². The zero-order chi connectivity index (χ0) is 14.1. The molecule has 0 spiro atoms. The highest BCUT2D eigenvalue weighted by Crippen LogP contribution is 2.24. The first-order chi connectivity index (χ1) is 10.4. The highest BCUT2D eigenvalue weighted by atomic mass is 15.4. The molecule has 0 aliphatic carbocycles. The summed E-state index contributed by atoms with van der Waals surface area (Å²) in [4.78, 5) is 0. The summed E-state index contributed by atoms with van der Waals surface area (Å²) < 4.78 is 1.70. The van der Waals surface area contributed by atoms with Gasteiger partial charge in [0.25, 0.3) is 0 Å². The molecule has 0 fully saturated rings. The van der Waals surface area contributed by atoms with Crippen LogP contribution in [-0.2, 0) is 6.54 Å². The first-order valence-electron chi connectivity index (χ1n) is 6.78. The SMILES string of the molecule is c1ccc(CNc2nn3cnnc3c3ccccc23)cc1. The van der Waals surface area contributed by atoms with Crippen molar-refractivity contribution in [1.29, 1.82) is 0 Å². The molecule has 1 N–H and O–H groups in total. The van der Waals surface area contributed by atoms with E-state index in [0.717, 1.165) is 28.8 Å². The predicted molar refractivity (Wildman–Crippen MR) is 82.1 cm³/mol. The largest absolute Gasteiger partial charge is 0.364 e. The van der Waals surface area contributed by atoms with Gasteiger partial charge in [-0.3, -0.25) is 0 Å². The molecule has 2 heterocycles. The molecule has 4 rings (SSSR count). The molecule has 2 aromatic carbocycles. The van der Waals surface area contributed by atoms with Gasteiger partial charge in [-0.1, -0.05) is 54.6 Å². The van der Waals surface area contributed by atoms with Gasteiger partial charge in [0.05, 0.1) is 0 Å².